The van der Waals surface area contributed by atoms with Crippen LogP contribution in [0, 0.1) is 6.92 Å². The van der Waals surface area contributed by atoms with Gasteiger partial charge in [0.25, 0.3) is 0 Å². The van der Waals surface area contributed by atoms with Crippen molar-refractivity contribution in [3.8, 4) is 5.75 Å². The van der Waals surface area contributed by atoms with Crippen LogP contribution in [0.25, 0.3) is 17.2 Å². The number of aryl methyl sites for hydroxylation is 1. The molecule has 0 bridgehead atoms. The highest BCUT2D eigenvalue weighted by Gasteiger charge is 2.11. The standard InChI is InChI=1S/C25H26N4O4S/c1-17-26-20(16-34-17)15-32-21-8-4-18(5-9-21)6-11-24(30)27-19-7-10-23-22(14-19)29(25(31)33-23)13-12-28(2)3/h4-11,14,16H,12-13,15H2,1-3H3,(H,27,30)/b11-6+. The summed E-state index contributed by atoms with van der Waals surface area (Å²) in [5, 5.41) is 5.83. The number of anilines is 1. The molecule has 4 rings (SSSR count). The number of carbonyl (C=O) groups excluding carboxylic acids is 1. The van der Waals surface area contributed by atoms with Crippen LogP contribution in [-0.4, -0.2) is 41.0 Å². The second-order valence-electron chi connectivity index (χ2n) is 8.04. The third-order valence-electron chi connectivity index (χ3n) is 5.07. The van der Waals surface area contributed by atoms with Crippen LogP contribution in [0.3, 0.4) is 0 Å². The Morgan fingerprint density at radius 1 is 1.24 bits per heavy atom. The minimum absolute atomic E-state index is 0.274. The zero-order valence-corrected chi connectivity index (χ0v) is 20.1. The summed E-state index contributed by atoms with van der Waals surface area (Å²) in [6.45, 7) is 3.58. The average Bonchev–Trinajstić information content (AvgIpc) is 3.37. The molecule has 0 spiro atoms. The van der Waals surface area contributed by atoms with Crippen molar-refractivity contribution in [2.45, 2.75) is 20.1 Å². The monoisotopic (exact) mass is 478 g/mol. The van der Waals surface area contributed by atoms with Gasteiger partial charge in [-0.2, -0.15) is 0 Å². The van der Waals surface area contributed by atoms with E-state index in [9.17, 15) is 9.59 Å². The Labute approximate surface area is 201 Å². The number of amides is 1. The van der Waals surface area contributed by atoms with Gasteiger partial charge < -0.3 is 19.4 Å². The molecule has 34 heavy (non-hydrogen) atoms. The van der Waals surface area contributed by atoms with Gasteiger partial charge in [-0.05, 0) is 63.0 Å². The molecule has 0 saturated heterocycles. The van der Waals surface area contributed by atoms with Crippen molar-refractivity contribution in [2.75, 3.05) is 26.0 Å². The Morgan fingerprint density at radius 3 is 2.74 bits per heavy atom. The second-order valence-corrected chi connectivity index (χ2v) is 9.11. The SMILES string of the molecule is Cc1nc(COc2ccc(/C=C/C(=O)Nc3ccc4oc(=O)n(CCN(C)C)c4c3)cc2)cs1. The second kappa shape index (κ2) is 10.5. The van der Waals surface area contributed by atoms with E-state index in [2.05, 4.69) is 10.3 Å². The van der Waals surface area contributed by atoms with E-state index in [1.807, 2.05) is 55.6 Å². The molecule has 0 radical (unpaired) electrons. The Bertz CT molecular complexity index is 1370. The molecule has 4 aromatic rings. The van der Waals surface area contributed by atoms with Crippen LogP contribution in [0.5, 0.6) is 5.75 Å². The van der Waals surface area contributed by atoms with Gasteiger partial charge in [-0.1, -0.05) is 12.1 Å². The summed E-state index contributed by atoms with van der Waals surface area (Å²) in [6, 6.07) is 12.6. The first-order valence-electron chi connectivity index (χ1n) is 10.8. The van der Waals surface area contributed by atoms with Gasteiger partial charge in [0.2, 0.25) is 5.91 Å². The van der Waals surface area contributed by atoms with E-state index >= 15 is 0 Å². The summed E-state index contributed by atoms with van der Waals surface area (Å²) in [4.78, 5) is 30.9. The Hall–Kier alpha value is -3.69. The molecule has 0 atom stereocenters. The van der Waals surface area contributed by atoms with E-state index in [-0.39, 0.29) is 5.91 Å². The van der Waals surface area contributed by atoms with Gasteiger partial charge >= 0.3 is 5.76 Å². The van der Waals surface area contributed by atoms with E-state index in [0.717, 1.165) is 22.0 Å². The van der Waals surface area contributed by atoms with Gasteiger partial charge in [0.15, 0.2) is 5.58 Å². The summed E-state index contributed by atoms with van der Waals surface area (Å²) in [5.74, 6) is 0.0552. The molecule has 2 heterocycles. The van der Waals surface area contributed by atoms with Crippen molar-refractivity contribution in [3.05, 3.63) is 80.7 Å². The maximum Gasteiger partial charge on any atom is 0.419 e. The summed E-state index contributed by atoms with van der Waals surface area (Å²) in [7, 11) is 3.88. The van der Waals surface area contributed by atoms with Crippen molar-refractivity contribution >= 4 is 40.1 Å². The first kappa shape index (κ1) is 23.5. The van der Waals surface area contributed by atoms with Crippen LogP contribution in [0.1, 0.15) is 16.3 Å². The predicted octanol–water partition coefficient (Wildman–Crippen LogP) is 4.15. The molecule has 0 aliphatic rings. The van der Waals surface area contributed by atoms with E-state index in [1.165, 1.54) is 6.08 Å². The number of hydrogen-bond donors (Lipinski definition) is 1. The van der Waals surface area contributed by atoms with Gasteiger partial charge in [0.1, 0.15) is 12.4 Å². The quantitative estimate of drug-likeness (QED) is 0.364. The van der Waals surface area contributed by atoms with Crippen molar-refractivity contribution in [1.82, 2.24) is 14.5 Å². The number of thiazole rings is 1. The molecular weight excluding hydrogens is 452 g/mol. The normalized spacial score (nSPS) is 11.5. The predicted molar refractivity (Wildman–Crippen MR) is 134 cm³/mol. The zero-order valence-electron chi connectivity index (χ0n) is 19.3. The number of benzene rings is 2. The number of ether oxygens (including phenoxy) is 1. The van der Waals surface area contributed by atoms with Gasteiger partial charge in [-0.25, -0.2) is 9.78 Å². The van der Waals surface area contributed by atoms with Gasteiger partial charge in [-0.15, -0.1) is 11.3 Å². The molecule has 0 saturated carbocycles. The molecular formula is C25H26N4O4S. The van der Waals surface area contributed by atoms with Crippen LogP contribution in [0.2, 0.25) is 0 Å². The Balaban J connectivity index is 1.36. The fourth-order valence-corrected chi connectivity index (χ4v) is 3.91. The number of oxazole rings is 1. The summed E-state index contributed by atoms with van der Waals surface area (Å²) in [6.07, 6.45) is 3.19. The molecule has 0 aliphatic carbocycles. The number of fused-ring (bicyclic) bond motifs is 1. The van der Waals surface area contributed by atoms with Crippen LogP contribution < -0.4 is 15.8 Å². The highest BCUT2D eigenvalue weighted by atomic mass is 32.1. The fourth-order valence-electron chi connectivity index (χ4n) is 3.31. The van der Waals surface area contributed by atoms with Crippen molar-refractivity contribution in [1.29, 1.82) is 0 Å². The highest BCUT2D eigenvalue weighted by Crippen LogP contribution is 2.19. The molecule has 2 aromatic heterocycles. The number of rotatable bonds is 9. The summed E-state index contributed by atoms with van der Waals surface area (Å²) in [5.41, 5.74) is 3.50. The van der Waals surface area contributed by atoms with Gasteiger partial charge in [-0.3, -0.25) is 9.36 Å². The average molecular weight is 479 g/mol. The topological polar surface area (TPSA) is 89.6 Å². The number of hydrogen-bond acceptors (Lipinski definition) is 7. The van der Waals surface area contributed by atoms with Crippen LogP contribution in [0.15, 0.2) is 63.1 Å². The van der Waals surface area contributed by atoms with Crippen LogP contribution >= 0.6 is 11.3 Å². The molecule has 0 unspecified atom stereocenters. The minimum Gasteiger partial charge on any atom is -0.487 e. The maximum atomic E-state index is 12.4. The minimum atomic E-state index is -0.408. The van der Waals surface area contributed by atoms with E-state index in [0.29, 0.717) is 36.5 Å². The summed E-state index contributed by atoms with van der Waals surface area (Å²) >= 11 is 1.60. The number of nitrogens with zero attached hydrogens (tertiary/aromatic N) is 3. The zero-order chi connectivity index (χ0) is 24.1. The third-order valence-corrected chi connectivity index (χ3v) is 5.89. The molecule has 8 nitrogen and oxygen atoms in total. The lowest BCUT2D eigenvalue weighted by Crippen LogP contribution is -2.23. The lowest BCUT2D eigenvalue weighted by Gasteiger charge is -2.09. The molecule has 9 heteroatoms. The van der Waals surface area contributed by atoms with Gasteiger partial charge in [0.05, 0.1) is 16.2 Å². The lowest BCUT2D eigenvalue weighted by atomic mass is 10.2. The largest absolute Gasteiger partial charge is 0.487 e. The maximum absolute atomic E-state index is 12.4. The first-order chi connectivity index (χ1) is 16.4. The molecule has 1 N–H and O–H groups in total. The third kappa shape index (κ3) is 6.00. The first-order valence-corrected chi connectivity index (χ1v) is 11.7. The Kier molecular flexibility index (Phi) is 7.24. The number of nitrogens with one attached hydrogen (secondary N) is 1. The molecule has 0 aliphatic heterocycles. The van der Waals surface area contributed by atoms with Crippen LogP contribution in [0.4, 0.5) is 5.69 Å². The number of aromatic nitrogens is 2. The highest BCUT2D eigenvalue weighted by molar-refractivity contribution is 7.09. The number of likely N-dealkylation sites (N-methyl/N-ethyl adjacent to an activating group) is 1. The van der Waals surface area contributed by atoms with Crippen molar-refractivity contribution in [2.24, 2.45) is 0 Å². The van der Waals surface area contributed by atoms with Gasteiger partial charge in [0, 0.05) is 30.2 Å². The smallest absolute Gasteiger partial charge is 0.419 e. The fraction of sp³-hybridized carbons (Fsp3) is 0.240. The van der Waals surface area contributed by atoms with E-state index in [4.69, 9.17) is 9.15 Å². The molecule has 2 aromatic carbocycles. The molecule has 176 valence electrons. The van der Waals surface area contributed by atoms with Crippen molar-refractivity contribution < 1.29 is 13.9 Å². The lowest BCUT2D eigenvalue weighted by molar-refractivity contribution is -0.111. The molecule has 1 amide bonds. The van der Waals surface area contributed by atoms with E-state index < -0.39 is 5.76 Å². The Morgan fingerprint density at radius 2 is 2.03 bits per heavy atom. The van der Waals surface area contributed by atoms with E-state index in [1.54, 1.807) is 40.2 Å². The number of carbonyl (C=O) groups is 1. The van der Waals surface area contributed by atoms with Crippen LogP contribution in [-0.2, 0) is 17.9 Å². The van der Waals surface area contributed by atoms with Crippen molar-refractivity contribution in [3.63, 3.8) is 0 Å². The molecule has 0 fully saturated rings. The summed E-state index contributed by atoms with van der Waals surface area (Å²) < 4.78 is 12.6.